The first-order valence-corrected chi connectivity index (χ1v) is 4.32. The van der Waals surface area contributed by atoms with Gasteiger partial charge in [-0.25, -0.2) is 4.98 Å². The van der Waals surface area contributed by atoms with Crippen molar-refractivity contribution in [2.75, 3.05) is 5.73 Å². The van der Waals surface area contributed by atoms with Crippen molar-refractivity contribution >= 4 is 16.3 Å². The van der Waals surface area contributed by atoms with Crippen LogP contribution in [0.3, 0.4) is 0 Å². The summed E-state index contributed by atoms with van der Waals surface area (Å²) in [5, 5.41) is 0.870. The van der Waals surface area contributed by atoms with Gasteiger partial charge < -0.3 is 5.73 Å². The molecule has 56 valence electrons. The summed E-state index contributed by atoms with van der Waals surface area (Å²) in [6, 6.07) is 0. The first-order valence-electron chi connectivity index (χ1n) is 3.44. The summed E-state index contributed by atoms with van der Waals surface area (Å²) in [7, 11) is 0. The van der Waals surface area contributed by atoms with E-state index in [2.05, 4.69) is 18.8 Å². The number of rotatable bonds is 2. The molecule has 1 aromatic rings. The molecular formula is C7H12N2S. The summed E-state index contributed by atoms with van der Waals surface area (Å²) < 4.78 is 0. The number of thiazole rings is 1. The van der Waals surface area contributed by atoms with E-state index in [-0.39, 0.29) is 0 Å². The van der Waals surface area contributed by atoms with Crippen molar-refractivity contribution in [3.8, 4) is 0 Å². The Balaban J connectivity index is 2.82. The summed E-state index contributed by atoms with van der Waals surface area (Å²) in [6.07, 6.45) is 1.11. The van der Waals surface area contributed by atoms with E-state index in [1.165, 1.54) is 11.3 Å². The largest absolute Gasteiger partial charge is 0.389 e. The van der Waals surface area contributed by atoms with Crippen LogP contribution in [0.1, 0.15) is 31.9 Å². The second-order valence-corrected chi connectivity index (χ2v) is 3.30. The Kier molecular flexibility index (Phi) is 2.27. The van der Waals surface area contributed by atoms with E-state index in [9.17, 15) is 0 Å². The zero-order valence-electron chi connectivity index (χ0n) is 6.29. The smallest absolute Gasteiger partial charge is 0.109 e. The molecule has 0 aromatic carbocycles. The van der Waals surface area contributed by atoms with Gasteiger partial charge >= 0.3 is 0 Å². The van der Waals surface area contributed by atoms with Gasteiger partial charge in [-0.3, -0.25) is 0 Å². The fourth-order valence-corrected chi connectivity index (χ4v) is 1.48. The van der Waals surface area contributed by atoms with E-state index >= 15 is 0 Å². The van der Waals surface area contributed by atoms with Gasteiger partial charge in [-0.1, -0.05) is 13.8 Å². The molecule has 1 unspecified atom stereocenters. The molecule has 3 heteroatoms. The summed E-state index contributed by atoms with van der Waals surface area (Å²) in [4.78, 5) is 4.18. The van der Waals surface area contributed by atoms with Crippen LogP contribution >= 0.6 is 11.3 Å². The normalized spacial score (nSPS) is 13.4. The summed E-state index contributed by atoms with van der Waals surface area (Å²) in [5.74, 6) is 0.506. The highest BCUT2D eigenvalue weighted by Gasteiger charge is 2.08. The molecule has 2 N–H and O–H groups in total. The molecule has 1 rings (SSSR count). The zero-order chi connectivity index (χ0) is 7.56. The molecule has 0 saturated heterocycles. The Hall–Kier alpha value is -0.570. The lowest BCUT2D eigenvalue weighted by atomic mass is 10.1. The lowest BCUT2D eigenvalue weighted by Crippen LogP contribution is -1.95. The van der Waals surface area contributed by atoms with Gasteiger partial charge in [-0.15, -0.1) is 11.3 Å². The monoisotopic (exact) mass is 156 g/mol. The third kappa shape index (κ3) is 1.29. The third-order valence-corrected chi connectivity index (χ3v) is 2.38. The van der Waals surface area contributed by atoms with Crippen LogP contribution in [0, 0.1) is 0 Å². The maximum Gasteiger partial charge on any atom is 0.109 e. The van der Waals surface area contributed by atoms with Crippen molar-refractivity contribution in [3.05, 3.63) is 11.2 Å². The van der Waals surface area contributed by atoms with Crippen LogP contribution in [0.15, 0.2) is 5.51 Å². The average Bonchev–Trinajstić information content (AvgIpc) is 2.34. The Morgan fingerprint density at radius 3 is 2.90 bits per heavy atom. The van der Waals surface area contributed by atoms with E-state index in [0.717, 1.165) is 17.1 Å². The van der Waals surface area contributed by atoms with Gasteiger partial charge in [-0.2, -0.15) is 0 Å². The summed E-state index contributed by atoms with van der Waals surface area (Å²) in [5.41, 5.74) is 8.54. The Morgan fingerprint density at radius 2 is 2.50 bits per heavy atom. The molecule has 2 nitrogen and oxygen atoms in total. The van der Waals surface area contributed by atoms with Gasteiger partial charge in [0.15, 0.2) is 0 Å². The Morgan fingerprint density at radius 1 is 1.80 bits per heavy atom. The minimum absolute atomic E-state index is 0.506. The van der Waals surface area contributed by atoms with E-state index in [1.54, 1.807) is 5.51 Å². The van der Waals surface area contributed by atoms with Crippen molar-refractivity contribution in [3.63, 3.8) is 0 Å². The fraction of sp³-hybridized carbons (Fsp3) is 0.571. The molecule has 0 aliphatic heterocycles. The van der Waals surface area contributed by atoms with Gasteiger partial charge in [0.1, 0.15) is 5.00 Å². The van der Waals surface area contributed by atoms with Crippen molar-refractivity contribution in [2.45, 2.75) is 26.2 Å². The highest BCUT2D eigenvalue weighted by atomic mass is 32.1. The molecule has 0 fully saturated rings. The van der Waals surface area contributed by atoms with Crippen LogP contribution in [-0.2, 0) is 0 Å². The number of aromatic nitrogens is 1. The van der Waals surface area contributed by atoms with Gasteiger partial charge in [0.25, 0.3) is 0 Å². The van der Waals surface area contributed by atoms with Gasteiger partial charge in [0, 0.05) is 5.92 Å². The van der Waals surface area contributed by atoms with E-state index < -0.39 is 0 Å². The van der Waals surface area contributed by atoms with E-state index in [4.69, 9.17) is 5.73 Å². The quantitative estimate of drug-likeness (QED) is 0.713. The lowest BCUT2D eigenvalue weighted by Gasteiger charge is -2.03. The van der Waals surface area contributed by atoms with Crippen molar-refractivity contribution < 1.29 is 0 Å². The SMILES string of the molecule is CCC(C)c1ncsc1N. The molecule has 0 aliphatic carbocycles. The maximum atomic E-state index is 5.67. The second-order valence-electron chi connectivity index (χ2n) is 2.41. The van der Waals surface area contributed by atoms with Gasteiger partial charge in [-0.05, 0) is 6.42 Å². The second kappa shape index (κ2) is 3.01. The number of anilines is 1. The summed E-state index contributed by atoms with van der Waals surface area (Å²) in [6.45, 7) is 4.29. The number of nitrogens with zero attached hydrogens (tertiary/aromatic N) is 1. The predicted molar refractivity (Wildman–Crippen MR) is 45.2 cm³/mol. The Labute approximate surface area is 65.1 Å². The predicted octanol–water partition coefficient (Wildman–Crippen LogP) is 2.24. The van der Waals surface area contributed by atoms with Crippen LogP contribution in [0.2, 0.25) is 0 Å². The molecule has 0 spiro atoms. The molecule has 0 bridgehead atoms. The molecule has 10 heavy (non-hydrogen) atoms. The first-order chi connectivity index (χ1) is 4.75. The van der Waals surface area contributed by atoms with Crippen LogP contribution < -0.4 is 5.73 Å². The van der Waals surface area contributed by atoms with E-state index in [0.29, 0.717) is 5.92 Å². The standard InChI is InChI=1S/C7H12N2S/c1-3-5(2)6-7(8)10-4-9-6/h4-5H,3,8H2,1-2H3. The van der Waals surface area contributed by atoms with Gasteiger partial charge in [0.2, 0.25) is 0 Å². The van der Waals surface area contributed by atoms with Crippen LogP contribution in [0.4, 0.5) is 5.00 Å². The average molecular weight is 156 g/mol. The minimum Gasteiger partial charge on any atom is -0.389 e. The van der Waals surface area contributed by atoms with Crippen LogP contribution in [-0.4, -0.2) is 4.98 Å². The molecule has 1 heterocycles. The molecule has 0 saturated carbocycles. The van der Waals surface area contributed by atoms with Gasteiger partial charge in [0.05, 0.1) is 11.2 Å². The Bertz CT molecular complexity index is 207. The third-order valence-electron chi connectivity index (χ3n) is 1.70. The zero-order valence-corrected chi connectivity index (χ0v) is 7.11. The highest BCUT2D eigenvalue weighted by Crippen LogP contribution is 2.25. The molecule has 0 aliphatic rings. The number of nitrogen functional groups attached to an aromatic ring is 1. The number of hydrogen-bond donors (Lipinski definition) is 1. The van der Waals surface area contributed by atoms with Crippen LogP contribution in [0.25, 0.3) is 0 Å². The molecule has 0 radical (unpaired) electrons. The molecule has 0 amide bonds. The number of hydrogen-bond acceptors (Lipinski definition) is 3. The van der Waals surface area contributed by atoms with E-state index in [1.807, 2.05) is 0 Å². The molecular weight excluding hydrogens is 144 g/mol. The van der Waals surface area contributed by atoms with Crippen molar-refractivity contribution in [2.24, 2.45) is 0 Å². The topological polar surface area (TPSA) is 38.9 Å². The molecule has 1 aromatic heterocycles. The minimum atomic E-state index is 0.506. The van der Waals surface area contributed by atoms with Crippen molar-refractivity contribution in [1.82, 2.24) is 4.98 Å². The number of nitrogens with two attached hydrogens (primary N) is 1. The lowest BCUT2D eigenvalue weighted by molar-refractivity contribution is 0.716. The molecule has 1 atom stereocenters. The fourth-order valence-electron chi connectivity index (χ4n) is 0.827. The first kappa shape index (κ1) is 7.54. The van der Waals surface area contributed by atoms with Crippen molar-refractivity contribution in [1.29, 1.82) is 0 Å². The maximum absolute atomic E-state index is 5.67. The van der Waals surface area contributed by atoms with Crippen LogP contribution in [0.5, 0.6) is 0 Å². The highest BCUT2D eigenvalue weighted by molar-refractivity contribution is 7.13. The summed E-state index contributed by atoms with van der Waals surface area (Å²) >= 11 is 1.51.